The standard InChI is InChI=1S/C12H15NO4S/c1-8-7-13(18(4,14)15)10-5-9(16-2)6-11(17-3)12(8)10/h5-7H,1-4H3. The zero-order valence-corrected chi connectivity index (χ0v) is 11.5. The number of ether oxygens (including phenoxy) is 2. The Hall–Kier alpha value is -1.69. The normalized spacial score (nSPS) is 11.8. The molecular formula is C12H15NO4S. The highest BCUT2D eigenvalue weighted by Gasteiger charge is 2.17. The Morgan fingerprint density at radius 3 is 2.33 bits per heavy atom. The van der Waals surface area contributed by atoms with E-state index < -0.39 is 10.0 Å². The predicted molar refractivity (Wildman–Crippen MR) is 70.0 cm³/mol. The van der Waals surface area contributed by atoms with Crippen LogP contribution in [0.4, 0.5) is 0 Å². The van der Waals surface area contributed by atoms with Crippen molar-refractivity contribution in [2.45, 2.75) is 6.92 Å². The van der Waals surface area contributed by atoms with Crippen molar-refractivity contribution in [3.05, 3.63) is 23.9 Å². The summed E-state index contributed by atoms with van der Waals surface area (Å²) in [6.45, 7) is 1.85. The maximum absolute atomic E-state index is 11.7. The van der Waals surface area contributed by atoms with Gasteiger partial charge in [-0.15, -0.1) is 0 Å². The van der Waals surface area contributed by atoms with Gasteiger partial charge in [0.05, 0.1) is 26.0 Å². The summed E-state index contributed by atoms with van der Waals surface area (Å²) in [4.78, 5) is 0. The Morgan fingerprint density at radius 2 is 1.83 bits per heavy atom. The van der Waals surface area contributed by atoms with Crippen LogP contribution in [-0.2, 0) is 10.0 Å². The molecule has 98 valence electrons. The lowest BCUT2D eigenvalue weighted by molar-refractivity contribution is 0.398. The second-order valence-corrected chi connectivity index (χ2v) is 5.95. The fraction of sp³-hybridized carbons (Fsp3) is 0.333. The monoisotopic (exact) mass is 269 g/mol. The lowest BCUT2D eigenvalue weighted by Crippen LogP contribution is -2.08. The molecule has 0 aliphatic rings. The van der Waals surface area contributed by atoms with Crippen molar-refractivity contribution >= 4 is 20.9 Å². The Balaban J connectivity index is 2.93. The summed E-state index contributed by atoms with van der Waals surface area (Å²) < 4.78 is 35.2. The molecule has 0 radical (unpaired) electrons. The van der Waals surface area contributed by atoms with Gasteiger partial charge in [-0.25, -0.2) is 12.4 Å². The average Bonchev–Trinajstić information content (AvgIpc) is 2.65. The fourth-order valence-corrected chi connectivity index (χ4v) is 2.86. The van der Waals surface area contributed by atoms with Crippen molar-refractivity contribution in [2.24, 2.45) is 0 Å². The second kappa shape index (κ2) is 4.20. The summed E-state index contributed by atoms with van der Waals surface area (Å²) in [6.07, 6.45) is 2.75. The van der Waals surface area contributed by atoms with Crippen molar-refractivity contribution in [1.82, 2.24) is 3.97 Å². The number of aromatic nitrogens is 1. The van der Waals surface area contributed by atoms with Crippen LogP contribution in [0.1, 0.15) is 5.56 Å². The van der Waals surface area contributed by atoms with Crippen LogP contribution >= 0.6 is 0 Å². The van der Waals surface area contributed by atoms with Crippen molar-refractivity contribution in [2.75, 3.05) is 20.5 Å². The second-order valence-electron chi connectivity index (χ2n) is 4.09. The van der Waals surface area contributed by atoms with Crippen LogP contribution in [0.5, 0.6) is 11.5 Å². The van der Waals surface area contributed by atoms with Gasteiger partial charge in [-0.3, -0.25) is 0 Å². The first kappa shape index (κ1) is 12.8. The average molecular weight is 269 g/mol. The molecule has 1 aromatic heterocycles. The molecule has 0 aliphatic carbocycles. The quantitative estimate of drug-likeness (QED) is 0.852. The number of rotatable bonds is 3. The first-order chi connectivity index (χ1) is 8.38. The summed E-state index contributed by atoms with van der Waals surface area (Å²) in [5.41, 5.74) is 1.40. The third kappa shape index (κ3) is 1.92. The van der Waals surface area contributed by atoms with Gasteiger partial charge in [0.15, 0.2) is 0 Å². The van der Waals surface area contributed by atoms with Gasteiger partial charge in [-0.2, -0.15) is 0 Å². The van der Waals surface area contributed by atoms with E-state index in [2.05, 4.69) is 0 Å². The van der Waals surface area contributed by atoms with Gasteiger partial charge in [0.2, 0.25) is 10.0 Å². The lowest BCUT2D eigenvalue weighted by Gasteiger charge is -2.08. The van der Waals surface area contributed by atoms with E-state index in [-0.39, 0.29) is 0 Å². The Labute approximate surface area is 106 Å². The maximum atomic E-state index is 11.7. The van der Waals surface area contributed by atoms with E-state index in [9.17, 15) is 8.42 Å². The van der Waals surface area contributed by atoms with Gasteiger partial charge in [-0.1, -0.05) is 0 Å². The zero-order valence-electron chi connectivity index (χ0n) is 10.7. The van der Waals surface area contributed by atoms with Crippen molar-refractivity contribution in [3.63, 3.8) is 0 Å². The van der Waals surface area contributed by atoms with Crippen LogP contribution in [0.25, 0.3) is 10.9 Å². The first-order valence-electron chi connectivity index (χ1n) is 5.32. The molecule has 0 amide bonds. The molecule has 2 aromatic rings. The molecule has 1 heterocycles. The van der Waals surface area contributed by atoms with Crippen LogP contribution in [0.3, 0.4) is 0 Å². The van der Waals surface area contributed by atoms with Crippen molar-refractivity contribution in [1.29, 1.82) is 0 Å². The molecule has 0 atom stereocenters. The Kier molecular flexibility index (Phi) is 2.98. The summed E-state index contributed by atoms with van der Waals surface area (Å²) in [6, 6.07) is 3.42. The van der Waals surface area contributed by atoms with Crippen molar-refractivity contribution in [3.8, 4) is 11.5 Å². The van der Waals surface area contributed by atoms with Gasteiger partial charge in [0.1, 0.15) is 11.5 Å². The molecule has 0 saturated heterocycles. The van der Waals surface area contributed by atoms with E-state index in [1.54, 1.807) is 25.4 Å². The molecule has 6 heteroatoms. The van der Waals surface area contributed by atoms with Crippen LogP contribution in [0.2, 0.25) is 0 Å². The number of nitrogens with zero attached hydrogens (tertiary/aromatic N) is 1. The summed E-state index contributed by atoms with van der Waals surface area (Å²) in [7, 11) is -0.277. The molecule has 0 fully saturated rings. The lowest BCUT2D eigenvalue weighted by atomic mass is 10.1. The molecule has 0 N–H and O–H groups in total. The number of aryl methyl sites for hydroxylation is 1. The van der Waals surface area contributed by atoms with E-state index in [1.165, 1.54) is 11.1 Å². The predicted octanol–water partition coefficient (Wildman–Crippen LogP) is 1.77. The minimum atomic E-state index is -3.35. The topological polar surface area (TPSA) is 57.5 Å². The highest BCUT2D eigenvalue weighted by Crippen LogP contribution is 2.35. The van der Waals surface area contributed by atoms with Crippen LogP contribution in [0, 0.1) is 6.92 Å². The van der Waals surface area contributed by atoms with E-state index in [4.69, 9.17) is 9.47 Å². The molecule has 1 aromatic carbocycles. The van der Waals surface area contributed by atoms with E-state index >= 15 is 0 Å². The minimum Gasteiger partial charge on any atom is -0.497 e. The van der Waals surface area contributed by atoms with Crippen LogP contribution in [-0.4, -0.2) is 32.9 Å². The van der Waals surface area contributed by atoms with E-state index in [0.29, 0.717) is 17.0 Å². The van der Waals surface area contributed by atoms with Gasteiger partial charge in [0, 0.05) is 23.7 Å². The molecule has 0 aliphatic heterocycles. The number of methoxy groups -OCH3 is 2. The SMILES string of the molecule is COc1cc(OC)c2c(C)cn(S(C)(=O)=O)c2c1. The minimum absolute atomic E-state index is 0.558. The smallest absolute Gasteiger partial charge is 0.236 e. The summed E-state index contributed by atoms with van der Waals surface area (Å²) in [5.74, 6) is 1.16. The first-order valence-corrected chi connectivity index (χ1v) is 7.17. The number of fused-ring (bicyclic) bond motifs is 1. The van der Waals surface area contributed by atoms with Gasteiger partial charge in [-0.05, 0) is 12.5 Å². The molecule has 5 nitrogen and oxygen atoms in total. The third-order valence-corrected chi connectivity index (χ3v) is 3.83. The van der Waals surface area contributed by atoms with Crippen molar-refractivity contribution < 1.29 is 17.9 Å². The molecule has 0 bridgehead atoms. The summed E-state index contributed by atoms with van der Waals surface area (Å²) in [5, 5.41) is 0.781. The molecule has 18 heavy (non-hydrogen) atoms. The molecular weight excluding hydrogens is 254 g/mol. The third-order valence-electron chi connectivity index (χ3n) is 2.81. The Morgan fingerprint density at radius 1 is 1.17 bits per heavy atom. The highest BCUT2D eigenvalue weighted by atomic mass is 32.2. The molecule has 0 spiro atoms. The maximum Gasteiger partial charge on any atom is 0.236 e. The number of hydrogen-bond donors (Lipinski definition) is 0. The Bertz CT molecular complexity index is 700. The molecule has 2 rings (SSSR count). The highest BCUT2D eigenvalue weighted by molar-refractivity contribution is 7.89. The van der Waals surface area contributed by atoms with Crippen LogP contribution in [0.15, 0.2) is 18.3 Å². The summed E-state index contributed by atoms with van der Waals surface area (Å²) >= 11 is 0. The largest absolute Gasteiger partial charge is 0.497 e. The van der Waals surface area contributed by atoms with E-state index in [1.807, 2.05) is 6.92 Å². The molecule has 0 unspecified atom stereocenters. The van der Waals surface area contributed by atoms with Gasteiger partial charge >= 0.3 is 0 Å². The zero-order chi connectivity index (χ0) is 13.5. The van der Waals surface area contributed by atoms with Crippen LogP contribution < -0.4 is 9.47 Å². The fourth-order valence-electron chi connectivity index (χ4n) is 2.01. The number of benzene rings is 1. The van der Waals surface area contributed by atoms with Gasteiger partial charge in [0.25, 0.3) is 0 Å². The number of hydrogen-bond acceptors (Lipinski definition) is 4. The van der Waals surface area contributed by atoms with E-state index in [0.717, 1.165) is 17.2 Å². The molecule has 0 saturated carbocycles. The van der Waals surface area contributed by atoms with Gasteiger partial charge < -0.3 is 9.47 Å².